The highest BCUT2D eigenvalue weighted by Gasteiger charge is 2.37. The molecule has 210 valence electrons. The lowest BCUT2D eigenvalue weighted by molar-refractivity contribution is -0.139. The summed E-state index contributed by atoms with van der Waals surface area (Å²) in [4.78, 5) is 28.2. The van der Waals surface area contributed by atoms with Crippen molar-refractivity contribution in [3.8, 4) is 11.5 Å². The van der Waals surface area contributed by atoms with E-state index in [0.717, 1.165) is 25.7 Å². The molecule has 3 aliphatic rings. The molecule has 1 N–H and O–H groups in total. The summed E-state index contributed by atoms with van der Waals surface area (Å²) in [5.74, 6) is 0.943. The third-order valence-corrected chi connectivity index (χ3v) is 7.72. The number of methoxy groups -OCH3 is 1. The standard InChI is InChI=1S/C28H35ClN4O6/c1-28(2)37-17-20(39-28)15-32-12-11-24(31-32)30-27(35)21(13-18-7-4-5-8-18)33-16-19(14-25(33)34)38-23-10-6-9-22(36-3)26(23)29/h6,9-12,14,18,20-21H,4-5,7-8,13,15-17H2,1-3H3,(H,30,31,35)/t20-,21+/m1/s1. The maximum absolute atomic E-state index is 13.6. The van der Waals surface area contributed by atoms with Gasteiger partial charge in [0.1, 0.15) is 34.4 Å². The number of ether oxygens (including phenoxy) is 4. The van der Waals surface area contributed by atoms with Gasteiger partial charge in [0.25, 0.3) is 5.91 Å². The number of hydrogen-bond donors (Lipinski definition) is 1. The molecule has 0 spiro atoms. The second-order valence-corrected chi connectivity index (χ2v) is 11.1. The molecule has 2 aliphatic heterocycles. The zero-order valence-corrected chi connectivity index (χ0v) is 23.3. The first-order valence-electron chi connectivity index (χ1n) is 13.4. The number of nitrogens with one attached hydrogen (secondary N) is 1. The Kier molecular flexibility index (Phi) is 8.16. The molecule has 2 aromatic rings. The molecule has 5 rings (SSSR count). The van der Waals surface area contributed by atoms with E-state index in [4.69, 9.17) is 30.5 Å². The Bertz CT molecular complexity index is 1240. The number of hydrogen-bond acceptors (Lipinski definition) is 7. The van der Waals surface area contributed by atoms with Crippen LogP contribution in [0.1, 0.15) is 46.0 Å². The van der Waals surface area contributed by atoms with Crippen molar-refractivity contribution in [2.45, 2.75) is 70.4 Å². The molecule has 1 saturated carbocycles. The van der Waals surface area contributed by atoms with E-state index in [9.17, 15) is 9.59 Å². The number of amides is 2. The Balaban J connectivity index is 1.26. The van der Waals surface area contributed by atoms with Gasteiger partial charge in [0.2, 0.25) is 5.91 Å². The quantitative estimate of drug-likeness (QED) is 0.461. The zero-order chi connectivity index (χ0) is 27.6. The number of anilines is 1. The number of benzene rings is 1. The SMILES string of the molecule is COc1cccc(OC2=CC(=O)N([C@@H](CC3CCCC3)C(=O)Nc3ccn(C[C@@H]4COC(C)(C)O4)n3)C2)c1Cl. The molecule has 2 atom stereocenters. The van der Waals surface area contributed by atoms with Crippen LogP contribution in [0, 0.1) is 5.92 Å². The van der Waals surface area contributed by atoms with Gasteiger partial charge in [0, 0.05) is 18.3 Å². The van der Waals surface area contributed by atoms with Crippen LogP contribution in [0.5, 0.6) is 11.5 Å². The fourth-order valence-corrected chi connectivity index (χ4v) is 5.69. The van der Waals surface area contributed by atoms with Crippen LogP contribution in [0.25, 0.3) is 0 Å². The predicted molar refractivity (Wildman–Crippen MR) is 145 cm³/mol. The molecular weight excluding hydrogens is 524 g/mol. The van der Waals surface area contributed by atoms with Gasteiger partial charge in [-0.2, -0.15) is 5.10 Å². The summed E-state index contributed by atoms with van der Waals surface area (Å²) in [6.45, 7) is 4.91. The molecule has 39 heavy (non-hydrogen) atoms. The normalized spacial score (nSPS) is 21.7. The Morgan fingerprint density at radius 2 is 2.03 bits per heavy atom. The van der Waals surface area contributed by atoms with Gasteiger partial charge in [-0.1, -0.05) is 43.4 Å². The molecule has 11 heteroatoms. The van der Waals surface area contributed by atoms with Crippen molar-refractivity contribution in [1.82, 2.24) is 14.7 Å². The predicted octanol–water partition coefficient (Wildman–Crippen LogP) is 4.39. The van der Waals surface area contributed by atoms with Gasteiger partial charge >= 0.3 is 0 Å². The van der Waals surface area contributed by atoms with Crippen LogP contribution in [0.15, 0.2) is 42.3 Å². The minimum Gasteiger partial charge on any atom is -0.495 e. The van der Waals surface area contributed by atoms with Crippen molar-refractivity contribution in [3.05, 3.63) is 47.3 Å². The van der Waals surface area contributed by atoms with Crippen molar-refractivity contribution in [3.63, 3.8) is 0 Å². The van der Waals surface area contributed by atoms with Crippen LogP contribution in [0.3, 0.4) is 0 Å². The van der Waals surface area contributed by atoms with Crippen molar-refractivity contribution in [2.24, 2.45) is 5.92 Å². The topological polar surface area (TPSA) is 104 Å². The Morgan fingerprint density at radius 3 is 2.74 bits per heavy atom. The third-order valence-electron chi connectivity index (χ3n) is 7.34. The van der Waals surface area contributed by atoms with Crippen LogP contribution in [-0.4, -0.2) is 64.7 Å². The molecule has 0 unspecified atom stereocenters. The van der Waals surface area contributed by atoms with Crippen LogP contribution >= 0.6 is 11.6 Å². The van der Waals surface area contributed by atoms with E-state index < -0.39 is 11.8 Å². The lowest BCUT2D eigenvalue weighted by Crippen LogP contribution is -2.46. The van der Waals surface area contributed by atoms with Gasteiger partial charge in [0.05, 0.1) is 26.8 Å². The minimum atomic E-state index is -0.656. The number of carbonyl (C=O) groups is 2. The summed E-state index contributed by atoms with van der Waals surface area (Å²) in [6.07, 6.45) is 8.06. The van der Waals surface area contributed by atoms with Crippen molar-refractivity contribution in [1.29, 1.82) is 0 Å². The summed E-state index contributed by atoms with van der Waals surface area (Å²) in [6, 6.07) is 6.29. The van der Waals surface area contributed by atoms with Crippen molar-refractivity contribution in [2.75, 3.05) is 25.6 Å². The summed E-state index contributed by atoms with van der Waals surface area (Å²) >= 11 is 6.38. The van der Waals surface area contributed by atoms with E-state index in [1.807, 2.05) is 13.8 Å². The molecular formula is C28H35ClN4O6. The average molecular weight is 559 g/mol. The summed E-state index contributed by atoms with van der Waals surface area (Å²) in [5.41, 5.74) is 0. The minimum absolute atomic E-state index is 0.122. The highest BCUT2D eigenvalue weighted by molar-refractivity contribution is 6.33. The molecule has 3 heterocycles. The molecule has 0 radical (unpaired) electrons. The molecule has 1 aliphatic carbocycles. The lowest BCUT2D eigenvalue weighted by Gasteiger charge is -2.29. The molecule has 1 aromatic carbocycles. The summed E-state index contributed by atoms with van der Waals surface area (Å²) < 4.78 is 24.4. The molecule has 10 nitrogen and oxygen atoms in total. The first-order chi connectivity index (χ1) is 18.7. The number of carbonyl (C=O) groups excluding carboxylic acids is 2. The van der Waals surface area contributed by atoms with Crippen molar-refractivity contribution < 1.29 is 28.5 Å². The molecule has 2 amide bonds. The van der Waals surface area contributed by atoms with Crippen LogP contribution in [0.4, 0.5) is 5.82 Å². The van der Waals surface area contributed by atoms with Crippen LogP contribution < -0.4 is 14.8 Å². The fraction of sp³-hybridized carbons (Fsp3) is 0.536. The number of halogens is 1. The second kappa shape index (κ2) is 11.6. The second-order valence-electron chi connectivity index (χ2n) is 10.7. The van der Waals surface area contributed by atoms with E-state index in [2.05, 4.69) is 10.4 Å². The van der Waals surface area contributed by atoms with Crippen molar-refractivity contribution >= 4 is 29.2 Å². The Labute approximate surface area is 233 Å². The van der Waals surface area contributed by atoms with E-state index in [-0.39, 0.29) is 24.5 Å². The summed E-state index contributed by atoms with van der Waals surface area (Å²) in [7, 11) is 1.53. The molecule has 1 aromatic heterocycles. The molecule has 1 saturated heterocycles. The van der Waals surface area contributed by atoms with E-state index in [0.29, 0.717) is 53.6 Å². The highest BCUT2D eigenvalue weighted by atomic mass is 35.5. The van der Waals surface area contributed by atoms with Gasteiger partial charge in [-0.25, -0.2) is 0 Å². The van der Waals surface area contributed by atoms with Gasteiger partial charge in [-0.05, 0) is 38.3 Å². The monoisotopic (exact) mass is 558 g/mol. The lowest BCUT2D eigenvalue weighted by atomic mass is 9.96. The Morgan fingerprint density at radius 1 is 1.26 bits per heavy atom. The van der Waals surface area contributed by atoms with E-state index in [1.54, 1.807) is 40.0 Å². The smallest absolute Gasteiger partial charge is 0.251 e. The number of rotatable bonds is 10. The first kappa shape index (κ1) is 27.5. The van der Waals surface area contributed by atoms with E-state index >= 15 is 0 Å². The van der Waals surface area contributed by atoms with Gasteiger partial charge in [0.15, 0.2) is 11.6 Å². The highest BCUT2D eigenvalue weighted by Crippen LogP contribution is 2.36. The number of aromatic nitrogens is 2. The largest absolute Gasteiger partial charge is 0.495 e. The summed E-state index contributed by atoms with van der Waals surface area (Å²) in [5, 5.41) is 7.75. The van der Waals surface area contributed by atoms with E-state index in [1.165, 1.54) is 13.2 Å². The molecule has 0 bridgehead atoms. The first-order valence-corrected chi connectivity index (χ1v) is 13.8. The van der Waals surface area contributed by atoms with Gasteiger partial charge in [-0.3, -0.25) is 14.3 Å². The maximum Gasteiger partial charge on any atom is 0.251 e. The van der Waals surface area contributed by atoms with Crippen LogP contribution in [-0.2, 0) is 25.6 Å². The Hall–Kier alpha value is -3.08. The molecule has 2 fully saturated rings. The maximum atomic E-state index is 13.6. The average Bonchev–Trinajstić information content (AvgIpc) is 3.69. The third kappa shape index (κ3) is 6.57. The fourth-order valence-electron chi connectivity index (χ4n) is 5.44. The van der Waals surface area contributed by atoms with Gasteiger partial charge in [-0.15, -0.1) is 0 Å². The number of nitrogens with zero attached hydrogens (tertiary/aromatic N) is 3. The van der Waals surface area contributed by atoms with Crippen LogP contribution in [0.2, 0.25) is 5.02 Å². The zero-order valence-electron chi connectivity index (χ0n) is 22.5. The van der Waals surface area contributed by atoms with Gasteiger partial charge < -0.3 is 29.2 Å².